The Labute approximate surface area is 197 Å². The Hall–Kier alpha value is -4.30. The van der Waals surface area contributed by atoms with Crippen LogP contribution in [0.4, 0.5) is 25.3 Å². The van der Waals surface area contributed by atoms with Crippen molar-refractivity contribution in [1.29, 1.82) is 5.26 Å². The zero-order chi connectivity index (χ0) is 24.8. The predicted molar refractivity (Wildman–Crippen MR) is 123 cm³/mol. The van der Waals surface area contributed by atoms with E-state index in [-0.39, 0.29) is 22.1 Å². The number of rotatable bonds is 7. The van der Waals surface area contributed by atoms with Crippen molar-refractivity contribution in [1.82, 2.24) is 4.98 Å². The number of halogens is 2. The minimum absolute atomic E-state index is 0.0850. The molecule has 3 rings (SSSR count). The van der Waals surface area contributed by atoms with E-state index in [1.54, 1.807) is 18.2 Å². The lowest BCUT2D eigenvalue weighted by molar-refractivity contribution is -0.116. The number of amides is 2. The maximum absolute atomic E-state index is 14.3. The molecular weight excluding hydrogens is 466 g/mol. The van der Waals surface area contributed by atoms with E-state index in [4.69, 9.17) is 9.47 Å². The molecule has 0 aliphatic heterocycles. The lowest BCUT2D eigenvalue weighted by Gasteiger charge is -2.18. The van der Waals surface area contributed by atoms with Crippen LogP contribution in [0.2, 0.25) is 0 Å². The molecule has 2 amide bonds. The van der Waals surface area contributed by atoms with Crippen LogP contribution in [-0.2, 0) is 9.59 Å². The van der Waals surface area contributed by atoms with Gasteiger partial charge in [-0.1, -0.05) is 0 Å². The van der Waals surface area contributed by atoms with Gasteiger partial charge in [0.05, 0.1) is 25.6 Å². The van der Waals surface area contributed by atoms with Gasteiger partial charge in [0, 0.05) is 30.1 Å². The Morgan fingerprint density at radius 2 is 1.88 bits per heavy atom. The number of hydrogen-bond acceptors (Lipinski definition) is 7. The van der Waals surface area contributed by atoms with Crippen molar-refractivity contribution in [2.75, 3.05) is 24.4 Å². The number of hydrogen-bond donors (Lipinski definition) is 1. The minimum Gasteiger partial charge on any atom is -0.493 e. The van der Waals surface area contributed by atoms with Gasteiger partial charge in [-0.2, -0.15) is 5.26 Å². The number of nitrogens with one attached hydrogen (secondary N) is 1. The molecule has 0 saturated heterocycles. The first-order chi connectivity index (χ1) is 16.3. The monoisotopic (exact) mass is 484 g/mol. The molecule has 3 aromatic rings. The molecule has 1 aromatic heterocycles. The summed E-state index contributed by atoms with van der Waals surface area (Å²) in [6.07, 6.45) is 1.23. The van der Waals surface area contributed by atoms with Gasteiger partial charge in [0.1, 0.15) is 23.3 Å². The third-order valence-corrected chi connectivity index (χ3v) is 5.31. The maximum Gasteiger partial charge on any atom is 0.266 e. The molecule has 0 atom stereocenters. The number of anilines is 3. The maximum atomic E-state index is 14.3. The fourth-order valence-corrected chi connectivity index (χ4v) is 3.76. The van der Waals surface area contributed by atoms with Crippen molar-refractivity contribution in [3.8, 4) is 17.6 Å². The molecule has 0 bridgehead atoms. The average Bonchev–Trinajstić information content (AvgIpc) is 3.26. The molecule has 174 valence electrons. The van der Waals surface area contributed by atoms with Crippen LogP contribution in [0.25, 0.3) is 6.08 Å². The standard InChI is InChI=1S/C23H18F2N4O4S/c1-13(30)29(19-6-4-15(24)9-18(19)25)23-28-17(12-34-23)8-14(11-26)22(31)27-16-5-7-20(32-2)21(10-16)33-3/h4-10,12H,1-3H3,(H,27,31)/b14-8+. The van der Waals surface area contributed by atoms with Crippen molar-refractivity contribution in [3.05, 3.63) is 64.7 Å². The molecular formula is C23H18F2N4O4S. The van der Waals surface area contributed by atoms with Crippen LogP contribution in [-0.4, -0.2) is 31.0 Å². The number of thiazole rings is 1. The van der Waals surface area contributed by atoms with Gasteiger partial charge >= 0.3 is 0 Å². The Kier molecular flexibility index (Phi) is 7.55. The molecule has 0 aliphatic rings. The minimum atomic E-state index is -0.936. The Morgan fingerprint density at radius 1 is 1.15 bits per heavy atom. The molecule has 8 nitrogen and oxygen atoms in total. The first kappa shape index (κ1) is 24.3. The van der Waals surface area contributed by atoms with Crippen LogP contribution in [0.15, 0.2) is 47.4 Å². The summed E-state index contributed by atoms with van der Waals surface area (Å²) in [5.74, 6) is -2.11. The molecule has 0 radical (unpaired) electrons. The van der Waals surface area contributed by atoms with Gasteiger partial charge in [-0.15, -0.1) is 11.3 Å². The summed E-state index contributed by atoms with van der Waals surface area (Å²) in [7, 11) is 2.93. The van der Waals surface area contributed by atoms with Crippen LogP contribution in [0.3, 0.4) is 0 Å². The zero-order valence-corrected chi connectivity index (χ0v) is 19.1. The van der Waals surface area contributed by atoms with E-state index in [1.165, 1.54) is 38.7 Å². The van der Waals surface area contributed by atoms with Crippen LogP contribution >= 0.6 is 11.3 Å². The molecule has 0 unspecified atom stereocenters. The number of aromatic nitrogens is 1. The normalized spacial score (nSPS) is 10.9. The van der Waals surface area contributed by atoms with Crippen molar-refractivity contribution in [3.63, 3.8) is 0 Å². The smallest absolute Gasteiger partial charge is 0.266 e. The number of nitrogens with zero attached hydrogens (tertiary/aromatic N) is 3. The first-order valence-electron chi connectivity index (χ1n) is 9.63. The molecule has 0 saturated carbocycles. The van der Waals surface area contributed by atoms with Crippen LogP contribution in [0.5, 0.6) is 11.5 Å². The zero-order valence-electron chi connectivity index (χ0n) is 18.3. The summed E-state index contributed by atoms with van der Waals surface area (Å²) in [5.41, 5.74) is 0.143. The highest BCUT2D eigenvalue weighted by molar-refractivity contribution is 7.14. The fourth-order valence-electron chi connectivity index (χ4n) is 2.92. The van der Waals surface area contributed by atoms with Gasteiger partial charge in [0.25, 0.3) is 5.91 Å². The summed E-state index contributed by atoms with van der Waals surface area (Å²) < 4.78 is 37.9. The molecule has 1 heterocycles. The SMILES string of the molecule is COc1ccc(NC(=O)/C(C#N)=C/c2csc(N(C(C)=O)c3ccc(F)cc3F)n2)cc1OC. The predicted octanol–water partition coefficient (Wildman–Crippen LogP) is 4.67. The summed E-state index contributed by atoms with van der Waals surface area (Å²) in [6.45, 7) is 1.21. The lowest BCUT2D eigenvalue weighted by Crippen LogP contribution is -2.23. The molecule has 0 fully saturated rings. The Balaban J connectivity index is 1.86. The molecule has 34 heavy (non-hydrogen) atoms. The largest absolute Gasteiger partial charge is 0.493 e. The number of methoxy groups -OCH3 is 2. The summed E-state index contributed by atoms with van der Waals surface area (Å²) >= 11 is 0.988. The number of carbonyl (C=O) groups excluding carboxylic acids is 2. The van der Waals surface area contributed by atoms with Crippen molar-refractivity contribution >= 4 is 45.7 Å². The molecule has 11 heteroatoms. The van der Waals surface area contributed by atoms with Crippen LogP contribution in [0, 0.1) is 23.0 Å². The molecule has 1 N–H and O–H groups in total. The third-order valence-electron chi connectivity index (χ3n) is 4.47. The highest BCUT2D eigenvalue weighted by Crippen LogP contribution is 2.32. The summed E-state index contributed by atoms with van der Waals surface area (Å²) in [5, 5.41) is 13.6. The molecule has 0 spiro atoms. The third kappa shape index (κ3) is 5.36. The number of ether oxygens (including phenoxy) is 2. The van der Waals surface area contributed by atoms with E-state index < -0.39 is 23.4 Å². The van der Waals surface area contributed by atoms with E-state index in [1.807, 2.05) is 0 Å². The van der Waals surface area contributed by atoms with E-state index >= 15 is 0 Å². The number of nitriles is 1. The van der Waals surface area contributed by atoms with Crippen molar-refractivity contribution in [2.24, 2.45) is 0 Å². The Bertz CT molecular complexity index is 1320. The quantitative estimate of drug-likeness (QED) is 0.386. The second kappa shape index (κ2) is 10.5. The van der Waals surface area contributed by atoms with Gasteiger partial charge in [-0.05, 0) is 30.3 Å². The summed E-state index contributed by atoms with van der Waals surface area (Å²) in [6, 6.07) is 9.33. The second-order valence-electron chi connectivity index (χ2n) is 6.70. The van der Waals surface area contributed by atoms with Crippen molar-refractivity contribution < 1.29 is 27.8 Å². The average molecular weight is 484 g/mol. The van der Waals surface area contributed by atoms with E-state index in [9.17, 15) is 23.6 Å². The van der Waals surface area contributed by atoms with E-state index in [0.29, 0.717) is 23.3 Å². The highest BCUT2D eigenvalue weighted by Gasteiger charge is 2.22. The van der Waals surface area contributed by atoms with Gasteiger partial charge in [0.15, 0.2) is 16.6 Å². The topological polar surface area (TPSA) is 105 Å². The lowest BCUT2D eigenvalue weighted by atomic mass is 10.2. The summed E-state index contributed by atoms with van der Waals surface area (Å²) in [4.78, 5) is 30.0. The number of benzene rings is 2. The molecule has 0 aliphatic carbocycles. The first-order valence-corrected chi connectivity index (χ1v) is 10.5. The van der Waals surface area contributed by atoms with Gasteiger partial charge in [-0.25, -0.2) is 13.8 Å². The van der Waals surface area contributed by atoms with E-state index in [2.05, 4.69) is 10.3 Å². The molecule has 2 aromatic carbocycles. The van der Waals surface area contributed by atoms with Crippen molar-refractivity contribution in [2.45, 2.75) is 6.92 Å². The Morgan fingerprint density at radius 3 is 2.50 bits per heavy atom. The van der Waals surface area contributed by atoms with E-state index in [0.717, 1.165) is 28.4 Å². The van der Waals surface area contributed by atoms with Gasteiger partial charge in [-0.3, -0.25) is 14.5 Å². The van der Waals surface area contributed by atoms with Gasteiger partial charge in [0.2, 0.25) is 5.91 Å². The second-order valence-corrected chi connectivity index (χ2v) is 7.54. The highest BCUT2D eigenvalue weighted by atomic mass is 32.1. The van der Waals surface area contributed by atoms with Crippen LogP contribution in [0.1, 0.15) is 12.6 Å². The van der Waals surface area contributed by atoms with Gasteiger partial charge < -0.3 is 14.8 Å². The van der Waals surface area contributed by atoms with Crippen LogP contribution < -0.4 is 19.7 Å². The fraction of sp³-hybridized carbons (Fsp3) is 0.130. The number of carbonyl (C=O) groups is 2.